The number of benzene rings is 2. The summed E-state index contributed by atoms with van der Waals surface area (Å²) < 4.78 is 0. The lowest BCUT2D eigenvalue weighted by molar-refractivity contribution is 0.765. The number of anilines is 3. The molecule has 2 heterocycles. The first-order chi connectivity index (χ1) is 9.92. The summed E-state index contributed by atoms with van der Waals surface area (Å²) in [5.41, 5.74) is 7.01. The molecular weight excluding hydrogens is 244 g/mol. The Labute approximate surface area is 120 Å². The largest absolute Gasteiger partial charge is 0.385 e. The lowest BCUT2D eigenvalue weighted by Gasteiger charge is -2.32. The van der Waals surface area contributed by atoms with Gasteiger partial charge in [0.05, 0.1) is 0 Å². The smallest absolute Gasteiger partial charge is 0.0443 e. The molecule has 2 aliphatic rings. The van der Waals surface area contributed by atoms with Gasteiger partial charge in [0.15, 0.2) is 0 Å². The molecule has 4 rings (SSSR count). The Kier molecular flexibility index (Phi) is 2.87. The number of hydrogen-bond acceptors (Lipinski definition) is 2. The monoisotopic (exact) mass is 264 g/mol. The van der Waals surface area contributed by atoms with Gasteiger partial charge in [0.25, 0.3) is 0 Å². The summed E-state index contributed by atoms with van der Waals surface area (Å²) in [5.74, 6) is 0. The van der Waals surface area contributed by atoms with Crippen molar-refractivity contribution in [3.05, 3.63) is 53.6 Å². The molecule has 2 aromatic carbocycles. The highest BCUT2D eigenvalue weighted by Crippen LogP contribution is 2.35. The highest BCUT2D eigenvalue weighted by atomic mass is 15.1. The zero-order valence-corrected chi connectivity index (χ0v) is 11.7. The van der Waals surface area contributed by atoms with E-state index in [-0.39, 0.29) is 0 Å². The average molecular weight is 264 g/mol. The molecule has 2 aliphatic heterocycles. The second-order valence-electron chi connectivity index (χ2n) is 5.76. The molecule has 20 heavy (non-hydrogen) atoms. The predicted molar refractivity (Wildman–Crippen MR) is 85.0 cm³/mol. The Balaban J connectivity index is 1.75. The van der Waals surface area contributed by atoms with Gasteiger partial charge in [-0.2, -0.15) is 0 Å². The van der Waals surface area contributed by atoms with E-state index in [1.807, 2.05) is 0 Å². The van der Waals surface area contributed by atoms with Crippen molar-refractivity contribution in [1.82, 2.24) is 0 Å². The first kappa shape index (κ1) is 11.8. The van der Waals surface area contributed by atoms with Gasteiger partial charge >= 0.3 is 0 Å². The SMILES string of the molecule is c1ccc2c(c1)CCCN2c1ccc2c(c1)CCCN2. The maximum absolute atomic E-state index is 3.49. The second-order valence-corrected chi connectivity index (χ2v) is 5.76. The molecule has 1 N–H and O–H groups in total. The van der Waals surface area contributed by atoms with Gasteiger partial charge in [0.2, 0.25) is 0 Å². The van der Waals surface area contributed by atoms with Crippen LogP contribution in [-0.4, -0.2) is 13.1 Å². The molecular formula is C18H20N2. The van der Waals surface area contributed by atoms with Crippen LogP contribution in [0.3, 0.4) is 0 Å². The standard InChI is InChI=1S/C18H20N2/c1-2-8-18-14(5-1)7-4-12-20(18)16-9-10-17-15(13-16)6-3-11-19-17/h1-2,5,8-10,13,19H,3-4,6-7,11-12H2. The molecule has 0 atom stereocenters. The maximum atomic E-state index is 3.49. The normalized spacial score (nSPS) is 17.1. The zero-order valence-electron chi connectivity index (χ0n) is 11.7. The van der Waals surface area contributed by atoms with E-state index in [1.54, 1.807) is 0 Å². The summed E-state index contributed by atoms with van der Waals surface area (Å²) in [6.45, 7) is 2.24. The first-order valence-electron chi connectivity index (χ1n) is 7.64. The summed E-state index contributed by atoms with van der Waals surface area (Å²) in [6, 6.07) is 15.7. The van der Waals surface area contributed by atoms with Crippen LogP contribution in [0.5, 0.6) is 0 Å². The lowest BCUT2D eigenvalue weighted by Crippen LogP contribution is -2.24. The van der Waals surface area contributed by atoms with E-state index in [1.165, 1.54) is 53.9 Å². The molecule has 0 fully saturated rings. The van der Waals surface area contributed by atoms with Crippen LogP contribution >= 0.6 is 0 Å². The highest BCUT2D eigenvalue weighted by molar-refractivity contribution is 5.71. The van der Waals surface area contributed by atoms with E-state index in [0.29, 0.717) is 0 Å². The Morgan fingerprint density at radius 3 is 2.80 bits per heavy atom. The fourth-order valence-corrected chi connectivity index (χ4v) is 3.43. The Hall–Kier alpha value is -1.96. The summed E-state index contributed by atoms with van der Waals surface area (Å²) in [7, 11) is 0. The minimum Gasteiger partial charge on any atom is -0.385 e. The summed E-state index contributed by atoms with van der Waals surface area (Å²) in [5, 5.41) is 3.49. The number of hydrogen-bond donors (Lipinski definition) is 1. The van der Waals surface area contributed by atoms with Gasteiger partial charge in [-0.25, -0.2) is 0 Å². The molecule has 0 saturated heterocycles. The summed E-state index contributed by atoms with van der Waals surface area (Å²) in [4.78, 5) is 2.48. The molecule has 0 aromatic heterocycles. The van der Waals surface area contributed by atoms with Crippen LogP contribution < -0.4 is 10.2 Å². The minimum atomic E-state index is 1.11. The van der Waals surface area contributed by atoms with Gasteiger partial charge in [-0.15, -0.1) is 0 Å². The van der Waals surface area contributed by atoms with Crippen molar-refractivity contribution in [1.29, 1.82) is 0 Å². The van der Waals surface area contributed by atoms with Crippen LogP contribution in [0.15, 0.2) is 42.5 Å². The number of nitrogens with zero attached hydrogens (tertiary/aromatic N) is 1. The molecule has 0 bridgehead atoms. The molecule has 2 heteroatoms. The predicted octanol–water partition coefficient (Wildman–Crippen LogP) is 4.13. The van der Waals surface area contributed by atoms with Crippen LogP contribution in [0.1, 0.15) is 24.0 Å². The van der Waals surface area contributed by atoms with Crippen molar-refractivity contribution in [3.63, 3.8) is 0 Å². The molecule has 2 aromatic rings. The number of aryl methyl sites for hydroxylation is 2. The molecule has 2 nitrogen and oxygen atoms in total. The summed E-state index contributed by atoms with van der Waals surface area (Å²) >= 11 is 0. The quantitative estimate of drug-likeness (QED) is 0.833. The third-order valence-electron chi connectivity index (χ3n) is 4.45. The van der Waals surface area contributed by atoms with Crippen molar-refractivity contribution in [2.75, 3.05) is 23.3 Å². The van der Waals surface area contributed by atoms with E-state index in [2.05, 4.69) is 52.7 Å². The van der Waals surface area contributed by atoms with Crippen molar-refractivity contribution >= 4 is 17.1 Å². The molecule has 0 amide bonds. The minimum absolute atomic E-state index is 1.11. The molecule has 0 unspecified atom stereocenters. The Morgan fingerprint density at radius 2 is 1.80 bits per heavy atom. The van der Waals surface area contributed by atoms with Crippen LogP contribution in [0.2, 0.25) is 0 Å². The fraction of sp³-hybridized carbons (Fsp3) is 0.333. The average Bonchev–Trinajstić information content (AvgIpc) is 2.54. The molecule has 0 radical (unpaired) electrons. The zero-order chi connectivity index (χ0) is 13.4. The van der Waals surface area contributed by atoms with E-state index in [0.717, 1.165) is 13.1 Å². The molecule has 0 saturated carbocycles. The first-order valence-corrected chi connectivity index (χ1v) is 7.64. The maximum Gasteiger partial charge on any atom is 0.0443 e. The topological polar surface area (TPSA) is 15.3 Å². The van der Waals surface area contributed by atoms with E-state index in [4.69, 9.17) is 0 Å². The molecule has 0 spiro atoms. The second kappa shape index (κ2) is 4.86. The van der Waals surface area contributed by atoms with Gasteiger partial charge in [-0.1, -0.05) is 18.2 Å². The van der Waals surface area contributed by atoms with Crippen LogP contribution in [-0.2, 0) is 12.8 Å². The van der Waals surface area contributed by atoms with E-state index < -0.39 is 0 Å². The van der Waals surface area contributed by atoms with Crippen molar-refractivity contribution in [3.8, 4) is 0 Å². The number of fused-ring (bicyclic) bond motifs is 2. The van der Waals surface area contributed by atoms with Gasteiger partial charge < -0.3 is 10.2 Å². The number of nitrogens with one attached hydrogen (secondary N) is 1. The van der Waals surface area contributed by atoms with Gasteiger partial charge in [-0.3, -0.25) is 0 Å². The third kappa shape index (κ3) is 1.96. The number of rotatable bonds is 1. The van der Waals surface area contributed by atoms with Crippen molar-refractivity contribution in [2.45, 2.75) is 25.7 Å². The van der Waals surface area contributed by atoms with Crippen molar-refractivity contribution in [2.24, 2.45) is 0 Å². The summed E-state index contributed by atoms with van der Waals surface area (Å²) in [6.07, 6.45) is 4.89. The van der Waals surface area contributed by atoms with E-state index in [9.17, 15) is 0 Å². The van der Waals surface area contributed by atoms with Crippen LogP contribution in [0.25, 0.3) is 0 Å². The lowest BCUT2D eigenvalue weighted by atomic mass is 9.99. The highest BCUT2D eigenvalue weighted by Gasteiger charge is 2.19. The molecule has 102 valence electrons. The van der Waals surface area contributed by atoms with Crippen LogP contribution in [0, 0.1) is 0 Å². The van der Waals surface area contributed by atoms with Crippen LogP contribution in [0.4, 0.5) is 17.1 Å². The Bertz CT molecular complexity index is 633. The fourth-order valence-electron chi connectivity index (χ4n) is 3.43. The Morgan fingerprint density at radius 1 is 0.900 bits per heavy atom. The van der Waals surface area contributed by atoms with Gasteiger partial charge in [0.1, 0.15) is 0 Å². The molecule has 0 aliphatic carbocycles. The third-order valence-corrected chi connectivity index (χ3v) is 4.45. The van der Waals surface area contributed by atoms with Crippen molar-refractivity contribution < 1.29 is 0 Å². The number of para-hydroxylation sites is 1. The van der Waals surface area contributed by atoms with E-state index >= 15 is 0 Å². The van der Waals surface area contributed by atoms with Gasteiger partial charge in [0, 0.05) is 30.2 Å². The van der Waals surface area contributed by atoms with Gasteiger partial charge in [-0.05, 0) is 61.1 Å².